The van der Waals surface area contributed by atoms with E-state index in [1.807, 2.05) is 0 Å². The van der Waals surface area contributed by atoms with Gasteiger partial charge in [-0.1, -0.05) is 224 Å². The summed E-state index contributed by atoms with van der Waals surface area (Å²) < 4.78 is 26.5. The average Bonchev–Trinajstić information content (AvgIpc) is 3.25. The monoisotopic (exact) mass is 895 g/mol. The zero-order chi connectivity index (χ0) is 45.3. The van der Waals surface area contributed by atoms with Crippen molar-refractivity contribution in [2.45, 2.75) is 277 Å². The van der Waals surface area contributed by atoms with Crippen molar-refractivity contribution >= 4 is 19.8 Å². The number of carbonyl (C=O) groups excluding carboxylic acids is 2. The molecule has 0 aromatic carbocycles. The van der Waals surface area contributed by atoms with Crippen LogP contribution in [0.3, 0.4) is 0 Å². The number of carbonyl (C=O) groups is 2. The predicted octanol–water partition coefficient (Wildman–Crippen LogP) is 16.9. The fraction of sp³-hybridized carbons (Fsp3) is 0.849. The van der Waals surface area contributed by atoms with Gasteiger partial charge >= 0.3 is 19.8 Å². The Bertz CT molecular complexity index is 1100. The van der Waals surface area contributed by atoms with Crippen LogP contribution in [-0.2, 0) is 28.2 Å². The fourth-order valence-corrected chi connectivity index (χ4v) is 8.05. The van der Waals surface area contributed by atoms with E-state index >= 15 is 0 Å². The van der Waals surface area contributed by atoms with Crippen LogP contribution in [0.2, 0.25) is 0 Å². The molecule has 0 aliphatic rings. The Hall–Kier alpha value is -1.73. The van der Waals surface area contributed by atoms with E-state index in [0.29, 0.717) is 12.8 Å². The summed E-state index contributed by atoms with van der Waals surface area (Å²) in [5.41, 5.74) is 0. The molecule has 1 atom stereocenters. The normalized spacial score (nSPS) is 12.6. The molecule has 364 valence electrons. The summed E-state index contributed by atoms with van der Waals surface area (Å²) in [6.07, 6.45) is 60.4. The minimum atomic E-state index is -4.77. The first-order valence-electron chi connectivity index (χ1n) is 26.3. The summed E-state index contributed by atoms with van der Waals surface area (Å²) in [6, 6.07) is 0. The number of hydrogen-bond donors (Lipinski definition) is 2. The lowest BCUT2D eigenvalue weighted by molar-refractivity contribution is -0.161. The van der Waals surface area contributed by atoms with Gasteiger partial charge in [0.1, 0.15) is 6.61 Å². The Labute approximate surface area is 382 Å². The molecule has 2 N–H and O–H groups in total. The van der Waals surface area contributed by atoms with Crippen molar-refractivity contribution in [2.75, 3.05) is 13.2 Å². The number of esters is 2. The van der Waals surface area contributed by atoms with Gasteiger partial charge in [-0.2, -0.15) is 0 Å². The van der Waals surface area contributed by atoms with Crippen LogP contribution in [0, 0.1) is 0 Å². The molecular formula is C53H99O8P. The van der Waals surface area contributed by atoms with Gasteiger partial charge in [0.25, 0.3) is 0 Å². The molecule has 0 aromatic heterocycles. The molecule has 0 rings (SSSR count). The molecule has 0 radical (unpaired) electrons. The first kappa shape index (κ1) is 60.3. The second kappa shape index (κ2) is 48.7. The summed E-state index contributed by atoms with van der Waals surface area (Å²) in [5, 5.41) is 0. The lowest BCUT2D eigenvalue weighted by Gasteiger charge is -2.18. The summed E-state index contributed by atoms with van der Waals surface area (Å²) >= 11 is 0. The van der Waals surface area contributed by atoms with Crippen LogP contribution in [0.4, 0.5) is 0 Å². The molecule has 8 nitrogen and oxygen atoms in total. The van der Waals surface area contributed by atoms with Crippen LogP contribution < -0.4 is 0 Å². The van der Waals surface area contributed by atoms with E-state index in [4.69, 9.17) is 19.3 Å². The maximum absolute atomic E-state index is 12.5. The molecule has 0 saturated heterocycles. The van der Waals surface area contributed by atoms with Crippen LogP contribution in [0.25, 0.3) is 0 Å². The van der Waals surface area contributed by atoms with Gasteiger partial charge in [0.2, 0.25) is 0 Å². The molecular weight excluding hydrogens is 796 g/mol. The lowest BCUT2D eigenvalue weighted by Crippen LogP contribution is -2.29. The fourth-order valence-electron chi connectivity index (χ4n) is 7.68. The molecule has 0 saturated carbocycles. The largest absolute Gasteiger partial charge is 0.469 e. The molecule has 0 aliphatic carbocycles. The number of hydrogen-bond acceptors (Lipinski definition) is 6. The highest BCUT2D eigenvalue weighted by Crippen LogP contribution is 2.36. The smallest absolute Gasteiger partial charge is 0.462 e. The summed E-state index contributed by atoms with van der Waals surface area (Å²) in [7, 11) is -4.77. The zero-order valence-corrected chi connectivity index (χ0v) is 41.4. The van der Waals surface area contributed by atoms with Crippen LogP contribution in [0.15, 0.2) is 36.5 Å². The Kier molecular flexibility index (Phi) is 47.4. The third kappa shape index (κ3) is 50.9. The van der Waals surface area contributed by atoms with Crippen molar-refractivity contribution in [3.8, 4) is 0 Å². The van der Waals surface area contributed by atoms with Crippen molar-refractivity contribution < 1.29 is 37.9 Å². The van der Waals surface area contributed by atoms with Crippen LogP contribution in [-0.4, -0.2) is 41.0 Å². The highest BCUT2D eigenvalue weighted by atomic mass is 31.2. The Morgan fingerprint density at radius 1 is 0.403 bits per heavy atom. The standard InChI is InChI=1S/C53H99O8P/c1-3-5-7-9-11-13-15-17-19-21-23-25-26-28-29-31-33-35-37-39-41-43-45-47-52(54)59-49-51(50-60-62(56,57)58)61-53(55)48-46-44-42-40-38-36-34-32-30-27-24-22-20-18-16-14-12-10-8-6-4-2/h18,20,31,33,39,41,51H,3-17,19,21-30,32,34-38,40,42-50H2,1-2H3,(H2,56,57,58)/b20-18+,33-31+,41-39+/t51-/m1/s1. The summed E-state index contributed by atoms with van der Waals surface area (Å²) in [5.74, 6) is -0.924. The van der Waals surface area contributed by atoms with Gasteiger partial charge in [0, 0.05) is 12.8 Å². The van der Waals surface area contributed by atoms with Crippen LogP contribution in [0.1, 0.15) is 271 Å². The van der Waals surface area contributed by atoms with E-state index in [1.54, 1.807) is 0 Å². The SMILES string of the molecule is CCCCCCCC/C=C/CCCCCCCCCCCCCC(=O)O[C@H](COC(=O)CCC/C=C/CC/C=C/CCCCCCCCCCCCCCCC)COP(=O)(O)O. The third-order valence-electron chi connectivity index (χ3n) is 11.6. The molecule has 0 fully saturated rings. The Balaban J connectivity index is 3.84. The van der Waals surface area contributed by atoms with Gasteiger partial charge in [-0.05, 0) is 70.6 Å². The second-order valence-corrected chi connectivity index (χ2v) is 19.1. The Morgan fingerprint density at radius 2 is 0.710 bits per heavy atom. The van der Waals surface area contributed by atoms with Gasteiger partial charge in [-0.3, -0.25) is 14.1 Å². The number of rotatable bonds is 49. The highest BCUT2D eigenvalue weighted by Gasteiger charge is 2.23. The Morgan fingerprint density at radius 3 is 1.08 bits per heavy atom. The number of phosphoric acid groups is 1. The van der Waals surface area contributed by atoms with Gasteiger partial charge < -0.3 is 19.3 Å². The maximum atomic E-state index is 12.5. The number of ether oxygens (including phenoxy) is 2. The molecule has 0 heterocycles. The topological polar surface area (TPSA) is 119 Å². The van der Waals surface area contributed by atoms with E-state index in [0.717, 1.165) is 44.9 Å². The van der Waals surface area contributed by atoms with Crippen molar-refractivity contribution in [3.63, 3.8) is 0 Å². The van der Waals surface area contributed by atoms with Gasteiger partial charge in [0.05, 0.1) is 6.61 Å². The molecule has 0 amide bonds. The number of allylic oxidation sites excluding steroid dienone is 6. The zero-order valence-electron chi connectivity index (χ0n) is 40.5. The van der Waals surface area contributed by atoms with E-state index in [2.05, 4.69) is 54.8 Å². The quantitative estimate of drug-likeness (QED) is 0.0268. The van der Waals surface area contributed by atoms with Crippen molar-refractivity contribution in [2.24, 2.45) is 0 Å². The first-order valence-corrected chi connectivity index (χ1v) is 27.8. The number of phosphoric ester groups is 1. The first-order chi connectivity index (χ1) is 30.3. The molecule has 0 aromatic rings. The van der Waals surface area contributed by atoms with Crippen LogP contribution in [0.5, 0.6) is 0 Å². The van der Waals surface area contributed by atoms with Gasteiger partial charge in [-0.25, -0.2) is 4.57 Å². The molecule has 0 aliphatic heterocycles. The average molecular weight is 895 g/mol. The molecule has 9 heteroatoms. The van der Waals surface area contributed by atoms with E-state index in [1.165, 1.54) is 186 Å². The van der Waals surface area contributed by atoms with Gasteiger partial charge in [0.15, 0.2) is 6.10 Å². The molecule has 0 bridgehead atoms. The minimum Gasteiger partial charge on any atom is -0.462 e. The molecule has 0 unspecified atom stereocenters. The van der Waals surface area contributed by atoms with Crippen molar-refractivity contribution in [1.29, 1.82) is 0 Å². The molecule has 0 spiro atoms. The highest BCUT2D eigenvalue weighted by molar-refractivity contribution is 7.46. The lowest BCUT2D eigenvalue weighted by atomic mass is 10.0. The third-order valence-corrected chi connectivity index (χ3v) is 12.1. The van der Waals surface area contributed by atoms with E-state index in [9.17, 15) is 14.2 Å². The van der Waals surface area contributed by atoms with Crippen LogP contribution >= 0.6 is 7.82 Å². The van der Waals surface area contributed by atoms with Gasteiger partial charge in [-0.15, -0.1) is 0 Å². The summed E-state index contributed by atoms with van der Waals surface area (Å²) in [6.45, 7) is 3.70. The number of unbranched alkanes of at least 4 members (excludes halogenated alkanes) is 33. The van der Waals surface area contributed by atoms with E-state index < -0.39 is 32.5 Å². The molecule has 62 heavy (non-hydrogen) atoms. The minimum absolute atomic E-state index is 0.205. The van der Waals surface area contributed by atoms with E-state index in [-0.39, 0.29) is 19.4 Å². The maximum Gasteiger partial charge on any atom is 0.469 e. The second-order valence-electron chi connectivity index (χ2n) is 17.8. The summed E-state index contributed by atoms with van der Waals surface area (Å²) in [4.78, 5) is 43.1. The van der Waals surface area contributed by atoms with Crippen molar-refractivity contribution in [3.05, 3.63) is 36.5 Å². The predicted molar refractivity (Wildman–Crippen MR) is 262 cm³/mol. The van der Waals surface area contributed by atoms with Crippen molar-refractivity contribution in [1.82, 2.24) is 0 Å².